The van der Waals surface area contributed by atoms with Gasteiger partial charge in [-0.25, -0.2) is 0 Å². The zero-order valence-electron chi connectivity index (χ0n) is 22.9. The first-order valence-electron chi connectivity index (χ1n) is 11.0. The SMILES string of the molecule is C=C(C)C(N)=O.N=C(N)NCCC[C@H](N)C(=O)O.NCC(=O)O.NCC(=O)O.NCC(=O)O.N[C@@H](CC(=O)O)C(=O)O. The average molecular weight is 618 g/mol. The van der Waals surface area contributed by atoms with Gasteiger partial charge >= 0.3 is 35.8 Å². The predicted octanol–water partition coefficient (Wildman–Crippen LogP) is -5.33. The molecular formula is C20H43N9O13. The Balaban J connectivity index is -0.0000000965. The number of carbonyl (C=O) groups excluding carboxylic acids is 1. The van der Waals surface area contributed by atoms with Gasteiger partial charge in [0.05, 0.1) is 26.1 Å². The van der Waals surface area contributed by atoms with E-state index in [-0.39, 0.29) is 25.6 Å². The van der Waals surface area contributed by atoms with E-state index in [2.05, 4.69) is 29.1 Å². The molecule has 0 aliphatic carbocycles. The fourth-order valence-corrected chi connectivity index (χ4v) is 0.944. The molecule has 0 saturated carbocycles. The van der Waals surface area contributed by atoms with Crippen LogP contribution in [0.15, 0.2) is 12.2 Å². The molecule has 0 aromatic carbocycles. The van der Waals surface area contributed by atoms with Crippen molar-refractivity contribution in [1.82, 2.24) is 5.32 Å². The Labute approximate surface area is 240 Å². The highest BCUT2D eigenvalue weighted by atomic mass is 16.4. The third kappa shape index (κ3) is 70.3. The summed E-state index contributed by atoms with van der Waals surface area (Å²) in [5.41, 5.74) is 33.9. The molecule has 22 nitrogen and oxygen atoms in total. The van der Waals surface area contributed by atoms with Crippen molar-refractivity contribution < 1.29 is 64.2 Å². The van der Waals surface area contributed by atoms with E-state index in [0.717, 1.165) is 0 Å². The molecule has 22 N–H and O–H groups in total. The Kier molecular flexibility index (Phi) is 40.6. The molecule has 0 unspecified atom stereocenters. The molecule has 0 aliphatic heterocycles. The van der Waals surface area contributed by atoms with Gasteiger partial charge in [-0.15, -0.1) is 0 Å². The number of primary amides is 1. The summed E-state index contributed by atoms with van der Waals surface area (Å²) in [6.07, 6.45) is 0.442. The molecule has 246 valence electrons. The maximum atomic E-state index is 10.2. The first-order valence-corrected chi connectivity index (χ1v) is 11.0. The third-order valence-corrected chi connectivity index (χ3v) is 2.98. The van der Waals surface area contributed by atoms with Crippen molar-refractivity contribution in [2.75, 3.05) is 26.2 Å². The van der Waals surface area contributed by atoms with Crippen molar-refractivity contribution in [3.8, 4) is 0 Å². The van der Waals surface area contributed by atoms with E-state index in [9.17, 15) is 33.6 Å². The Morgan fingerprint density at radius 1 is 0.714 bits per heavy atom. The van der Waals surface area contributed by atoms with Crippen molar-refractivity contribution in [2.45, 2.75) is 38.3 Å². The zero-order valence-corrected chi connectivity index (χ0v) is 22.9. The number of carbonyl (C=O) groups is 7. The van der Waals surface area contributed by atoms with E-state index in [1.165, 1.54) is 0 Å². The molecule has 0 radical (unpaired) electrons. The molecule has 0 rings (SSSR count). The Hall–Kier alpha value is -4.90. The number of guanidine groups is 1. The van der Waals surface area contributed by atoms with Crippen LogP contribution in [0, 0.1) is 5.41 Å². The van der Waals surface area contributed by atoms with Crippen LogP contribution in [0.25, 0.3) is 0 Å². The van der Waals surface area contributed by atoms with Crippen LogP contribution in [0.1, 0.15) is 26.2 Å². The zero-order chi connectivity index (χ0) is 35.0. The number of aliphatic carboxylic acids is 6. The van der Waals surface area contributed by atoms with Crippen LogP contribution in [0.2, 0.25) is 0 Å². The fourth-order valence-electron chi connectivity index (χ4n) is 0.944. The first-order chi connectivity index (χ1) is 19.0. The number of carboxylic acids is 6. The van der Waals surface area contributed by atoms with Crippen LogP contribution in [0.4, 0.5) is 0 Å². The van der Waals surface area contributed by atoms with Crippen LogP contribution in [-0.4, -0.2) is 117 Å². The lowest BCUT2D eigenvalue weighted by atomic mass is 10.2. The summed E-state index contributed by atoms with van der Waals surface area (Å²) in [4.78, 5) is 67.4. The summed E-state index contributed by atoms with van der Waals surface area (Å²) in [5, 5.41) is 56.5. The van der Waals surface area contributed by atoms with E-state index in [1.54, 1.807) is 6.92 Å². The van der Waals surface area contributed by atoms with Crippen LogP contribution in [0.5, 0.6) is 0 Å². The van der Waals surface area contributed by atoms with Gasteiger partial charge < -0.3 is 76.1 Å². The van der Waals surface area contributed by atoms with Gasteiger partial charge in [0.25, 0.3) is 0 Å². The minimum Gasteiger partial charge on any atom is -0.481 e. The van der Waals surface area contributed by atoms with E-state index in [1.807, 2.05) is 0 Å². The second kappa shape index (κ2) is 34.1. The Morgan fingerprint density at radius 2 is 1.00 bits per heavy atom. The van der Waals surface area contributed by atoms with Gasteiger partial charge in [0.2, 0.25) is 5.91 Å². The van der Waals surface area contributed by atoms with Crippen LogP contribution in [0.3, 0.4) is 0 Å². The van der Waals surface area contributed by atoms with Crippen molar-refractivity contribution in [1.29, 1.82) is 5.41 Å². The van der Waals surface area contributed by atoms with Gasteiger partial charge in [0.15, 0.2) is 5.96 Å². The highest BCUT2D eigenvalue weighted by Crippen LogP contribution is 1.92. The summed E-state index contributed by atoms with van der Waals surface area (Å²) >= 11 is 0. The number of hydrogen-bond donors (Lipinski definition) is 15. The number of nitrogens with two attached hydrogens (primary N) is 7. The lowest BCUT2D eigenvalue weighted by Gasteiger charge is -2.06. The molecule has 0 aromatic heterocycles. The molecule has 0 aliphatic rings. The highest BCUT2D eigenvalue weighted by Gasteiger charge is 2.14. The molecular weight excluding hydrogens is 574 g/mol. The molecule has 0 saturated heterocycles. The van der Waals surface area contributed by atoms with Gasteiger partial charge in [0.1, 0.15) is 12.1 Å². The summed E-state index contributed by atoms with van der Waals surface area (Å²) < 4.78 is 0. The standard InChI is InChI=1S/C6H14N4O2.C4H7NO4.C4H7NO.3C2H5NO2/c7-4(5(11)12)2-1-3-10-6(8)9;5-2(4(8)9)1-3(6)7;1-3(2)4(5)6;3*3-1-2(4)5/h4H,1-3,7H2,(H,11,12)(H4,8,9,10);2H,1,5H2,(H,6,7)(H,8,9);1H2,2H3,(H2,5,6);3*1,3H2,(H,4,5)/t4-;2-;;;;/m00..../s1. The molecule has 22 heteroatoms. The quantitative estimate of drug-likeness (QED) is 0.0420. The minimum atomic E-state index is -1.29. The van der Waals surface area contributed by atoms with Crippen molar-refractivity contribution in [2.24, 2.45) is 40.1 Å². The van der Waals surface area contributed by atoms with Crippen LogP contribution < -0.4 is 45.5 Å². The molecule has 0 aromatic rings. The smallest absolute Gasteiger partial charge is 0.321 e. The molecule has 0 bridgehead atoms. The van der Waals surface area contributed by atoms with Crippen molar-refractivity contribution in [3.05, 3.63) is 12.2 Å². The van der Waals surface area contributed by atoms with Crippen LogP contribution >= 0.6 is 0 Å². The van der Waals surface area contributed by atoms with Crippen molar-refractivity contribution >= 4 is 47.7 Å². The lowest BCUT2D eigenvalue weighted by Crippen LogP contribution is -2.34. The summed E-state index contributed by atoms with van der Waals surface area (Å²) in [6.45, 7) is 4.50. The van der Waals surface area contributed by atoms with Gasteiger partial charge in [-0.1, -0.05) is 6.58 Å². The fraction of sp³-hybridized carbons (Fsp3) is 0.500. The number of rotatable bonds is 12. The maximum absolute atomic E-state index is 10.2. The van der Waals surface area contributed by atoms with E-state index < -0.39 is 60.2 Å². The first kappa shape index (κ1) is 50.0. The number of nitrogens with one attached hydrogen (secondary N) is 2. The molecule has 2 atom stereocenters. The monoisotopic (exact) mass is 617 g/mol. The number of hydrogen-bond acceptors (Lipinski definition) is 13. The van der Waals surface area contributed by atoms with Gasteiger partial charge in [0, 0.05) is 12.1 Å². The lowest BCUT2D eigenvalue weighted by molar-refractivity contribution is -0.144. The second-order valence-electron chi connectivity index (χ2n) is 6.91. The molecule has 1 amide bonds. The molecule has 0 fully saturated rings. The summed E-state index contributed by atoms with van der Waals surface area (Å²) in [7, 11) is 0. The largest absolute Gasteiger partial charge is 0.481 e. The van der Waals surface area contributed by atoms with E-state index in [4.69, 9.17) is 59.0 Å². The summed E-state index contributed by atoms with van der Waals surface area (Å²) in [6, 6.07) is -2.11. The number of amides is 1. The normalized spacial score (nSPS) is 9.86. The summed E-state index contributed by atoms with van der Waals surface area (Å²) in [5.74, 6) is -6.95. The average Bonchev–Trinajstić information content (AvgIpc) is 2.87. The molecule has 0 spiro atoms. The Morgan fingerprint density at radius 3 is 1.14 bits per heavy atom. The second-order valence-corrected chi connectivity index (χ2v) is 6.91. The molecule has 0 heterocycles. The van der Waals surface area contributed by atoms with Crippen LogP contribution in [-0.2, 0) is 33.6 Å². The van der Waals surface area contributed by atoms with E-state index >= 15 is 0 Å². The van der Waals surface area contributed by atoms with Crippen molar-refractivity contribution in [3.63, 3.8) is 0 Å². The van der Waals surface area contributed by atoms with Gasteiger partial charge in [-0.3, -0.25) is 39.0 Å². The highest BCUT2D eigenvalue weighted by molar-refractivity contribution is 5.90. The number of carboxylic acid groups (broad SMARTS) is 6. The topological polar surface area (TPSA) is 459 Å². The third-order valence-electron chi connectivity index (χ3n) is 2.98. The van der Waals surface area contributed by atoms with E-state index in [0.29, 0.717) is 25.0 Å². The van der Waals surface area contributed by atoms with Gasteiger partial charge in [-0.05, 0) is 19.8 Å². The molecule has 42 heavy (non-hydrogen) atoms. The maximum Gasteiger partial charge on any atom is 0.321 e. The minimum absolute atomic E-state index is 0.112. The van der Waals surface area contributed by atoms with Gasteiger partial charge in [-0.2, -0.15) is 0 Å². The predicted molar refractivity (Wildman–Crippen MR) is 147 cm³/mol. The Bertz CT molecular complexity index is 810.